The quantitative estimate of drug-likeness (QED) is 0.812. The number of rotatable bonds is 5. The lowest BCUT2D eigenvalue weighted by Crippen LogP contribution is -2.27. The highest BCUT2D eigenvalue weighted by atomic mass is 32.2. The first-order valence-electron chi connectivity index (χ1n) is 6.14. The van der Waals surface area contributed by atoms with E-state index >= 15 is 0 Å². The van der Waals surface area contributed by atoms with E-state index in [2.05, 4.69) is 15.3 Å². The fourth-order valence-electron chi connectivity index (χ4n) is 1.66. The van der Waals surface area contributed by atoms with Gasteiger partial charge in [0.1, 0.15) is 0 Å². The number of nitrogens with two attached hydrogens (primary N) is 1. The van der Waals surface area contributed by atoms with Crippen molar-refractivity contribution in [2.75, 3.05) is 6.54 Å². The topological polar surface area (TPSA) is 115 Å². The van der Waals surface area contributed by atoms with Gasteiger partial charge in [0, 0.05) is 18.9 Å². The maximum atomic E-state index is 11.7. The second kappa shape index (κ2) is 6.42. The number of carbonyl (C=O) groups excluding carboxylic acids is 1. The van der Waals surface area contributed by atoms with Crippen LogP contribution in [-0.2, 0) is 16.4 Å². The third kappa shape index (κ3) is 4.33. The SMILES string of the molecule is NS(=O)(=O)c1ccc(CCNC(=O)c2ncccn2)cc1. The van der Waals surface area contributed by atoms with Gasteiger partial charge in [-0.1, -0.05) is 12.1 Å². The standard InChI is InChI=1S/C13H14N4O3S/c14-21(19,20)11-4-2-10(3-5-11)6-9-17-13(18)12-15-7-1-8-16-12/h1-5,7-8H,6,9H2,(H,17,18)(H2,14,19,20). The van der Waals surface area contributed by atoms with Gasteiger partial charge in [-0.15, -0.1) is 0 Å². The summed E-state index contributed by atoms with van der Waals surface area (Å²) in [6.45, 7) is 0.395. The molecule has 0 unspecified atom stereocenters. The molecule has 1 heterocycles. The van der Waals surface area contributed by atoms with Crippen LogP contribution in [0.4, 0.5) is 0 Å². The zero-order valence-electron chi connectivity index (χ0n) is 11.1. The second-order valence-electron chi connectivity index (χ2n) is 4.27. The summed E-state index contributed by atoms with van der Waals surface area (Å²) in [4.78, 5) is 19.4. The van der Waals surface area contributed by atoms with Crippen LogP contribution in [-0.4, -0.2) is 30.8 Å². The molecule has 7 nitrogen and oxygen atoms in total. The van der Waals surface area contributed by atoms with Gasteiger partial charge in [0.15, 0.2) is 0 Å². The summed E-state index contributed by atoms with van der Waals surface area (Å²) in [5.74, 6) is -0.237. The van der Waals surface area contributed by atoms with Gasteiger partial charge in [0.25, 0.3) is 5.91 Å². The van der Waals surface area contributed by atoms with Crippen LogP contribution in [0.3, 0.4) is 0 Å². The van der Waals surface area contributed by atoms with E-state index in [9.17, 15) is 13.2 Å². The van der Waals surface area contributed by atoms with Crippen LogP contribution in [0.25, 0.3) is 0 Å². The zero-order chi connectivity index (χ0) is 15.3. The Morgan fingerprint density at radius 1 is 1.14 bits per heavy atom. The molecule has 1 amide bonds. The van der Waals surface area contributed by atoms with E-state index in [0.29, 0.717) is 13.0 Å². The first kappa shape index (κ1) is 15.1. The van der Waals surface area contributed by atoms with E-state index < -0.39 is 10.0 Å². The lowest BCUT2D eigenvalue weighted by Gasteiger charge is -2.05. The molecule has 1 aromatic heterocycles. The van der Waals surface area contributed by atoms with E-state index in [1.165, 1.54) is 24.5 Å². The molecule has 3 N–H and O–H groups in total. The van der Waals surface area contributed by atoms with Gasteiger partial charge < -0.3 is 5.32 Å². The summed E-state index contributed by atoms with van der Waals surface area (Å²) in [6, 6.07) is 7.82. The van der Waals surface area contributed by atoms with Crippen LogP contribution < -0.4 is 10.5 Å². The minimum absolute atomic E-state index is 0.0629. The van der Waals surface area contributed by atoms with Crippen molar-refractivity contribution in [3.05, 3.63) is 54.1 Å². The van der Waals surface area contributed by atoms with Gasteiger partial charge in [-0.3, -0.25) is 4.79 Å². The predicted molar refractivity (Wildman–Crippen MR) is 75.9 cm³/mol. The number of benzene rings is 1. The Kier molecular flexibility index (Phi) is 4.61. The molecule has 1 aromatic carbocycles. The molecule has 8 heteroatoms. The summed E-state index contributed by atoms with van der Waals surface area (Å²) >= 11 is 0. The Bertz CT molecular complexity index is 715. The van der Waals surface area contributed by atoms with Gasteiger partial charge in [-0.2, -0.15) is 0 Å². The Morgan fingerprint density at radius 2 is 1.76 bits per heavy atom. The molecule has 0 fully saturated rings. The third-order valence-corrected chi connectivity index (χ3v) is 3.65. The van der Waals surface area contributed by atoms with Crippen LogP contribution in [0.5, 0.6) is 0 Å². The maximum absolute atomic E-state index is 11.7. The van der Waals surface area contributed by atoms with E-state index in [1.54, 1.807) is 18.2 Å². The molecule has 0 spiro atoms. The third-order valence-electron chi connectivity index (χ3n) is 2.72. The summed E-state index contributed by atoms with van der Waals surface area (Å²) < 4.78 is 22.2. The Balaban J connectivity index is 1.88. The number of nitrogens with one attached hydrogen (secondary N) is 1. The normalized spacial score (nSPS) is 11.1. The van der Waals surface area contributed by atoms with Crippen LogP contribution in [0.2, 0.25) is 0 Å². The van der Waals surface area contributed by atoms with Crippen molar-refractivity contribution in [3.63, 3.8) is 0 Å². The van der Waals surface area contributed by atoms with Gasteiger partial charge in [-0.25, -0.2) is 23.5 Å². The highest BCUT2D eigenvalue weighted by Gasteiger charge is 2.08. The van der Waals surface area contributed by atoms with Crippen molar-refractivity contribution in [3.8, 4) is 0 Å². The molecular formula is C13H14N4O3S. The van der Waals surface area contributed by atoms with Crippen molar-refractivity contribution >= 4 is 15.9 Å². The van der Waals surface area contributed by atoms with E-state index in [-0.39, 0.29) is 16.6 Å². The van der Waals surface area contributed by atoms with Crippen molar-refractivity contribution in [1.82, 2.24) is 15.3 Å². The number of carbonyl (C=O) groups is 1. The predicted octanol–water partition coefficient (Wildman–Crippen LogP) is 0.0965. The van der Waals surface area contributed by atoms with Gasteiger partial charge in [-0.05, 0) is 30.2 Å². The summed E-state index contributed by atoms with van der Waals surface area (Å²) in [5, 5.41) is 7.70. The molecule has 110 valence electrons. The minimum Gasteiger partial charge on any atom is -0.349 e. The monoisotopic (exact) mass is 306 g/mol. The first-order valence-corrected chi connectivity index (χ1v) is 7.68. The number of primary sulfonamides is 1. The largest absolute Gasteiger partial charge is 0.349 e. The molecule has 21 heavy (non-hydrogen) atoms. The van der Waals surface area contributed by atoms with Crippen LogP contribution >= 0.6 is 0 Å². The average Bonchev–Trinajstić information content (AvgIpc) is 2.47. The first-order chi connectivity index (χ1) is 9.97. The Morgan fingerprint density at radius 3 is 2.33 bits per heavy atom. The fourth-order valence-corrected chi connectivity index (χ4v) is 2.18. The molecule has 2 aromatic rings. The minimum atomic E-state index is -3.68. The lowest BCUT2D eigenvalue weighted by molar-refractivity contribution is 0.0943. The molecule has 0 aliphatic carbocycles. The highest BCUT2D eigenvalue weighted by Crippen LogP contribution is 2.08. The van der Waals surface area contributed by atoms with Gasteiger partial charge >= 0.3 is 0 Å². The number of hydrogen-bond donors (Lipinski definition) is 2. The molecule has 0 aliphatic rings. The van der Waals surface area contributed by atoms with Crippen molar-refractivity contribution in [2.45, 2.75) is 11.3 Å². The Hall–Kier alpha value is -2.32. The summed E-state index contributed by atoms with van der Waals surface area (Å²) in [7, 11) is -3.68. The van der Waals surface area contributed by atoms with Crippen LogP contribution in [0.15, 0.2) is 47.6 Å². The molecule has 0 bridgehead atoms. The number of amides is 1. The lowest BCUT2D eigenvalue weighted by atomic mass is 10.1. The van der Waals surface area contributed by atoms with Gasteiger partial charge in [0.05, 0.1) is 4.90 Å². The van der Waals surface area contributed by atoms with Crippen LogP contribution in [0.1, 0.15) is 16.2 Å². The maximum Gasteiger partial charge on any atom is 0.289 e. The molecule has 0 saturated carbocycles. The molecule has 2 rings (SSSR count). The summed E-state index contributed by atoms with van der Waals surface area (Å²) in [6.07, 6.45) is 3.55. The fraction of sp³-hybridized carbons (Fsp3) is 0.154. The van der Waals surface area contributed by atoms with Crippen molar-refractivity contribution < 1.29 is 13.2 Å². The molecular weight excluding hydrogens is 292 g/mol. The van der Waals surface area contributed by atoms with Crippen molar-refractivity contribution in [1.29, 1.82) is 0 Å². The van der Waals surface area contributed by atoms with Crippen LogP contribution in [0, 0.1) is 0 Å². The van der Waals surface area contributed by atoms with Crippen molar-refractivity contribution in [2.24, 2.45) is 5.14 Å². The number of sulfonamides is 1. The number of hydrogen-bond acceptors (Lipinski definition) is 5. The van der Waals surface area contributed by atoms with E-state index in [4.69, 9.17) is 5.14 Å². The van der Waals surface area contributed by atoms with E-state index in [0.717, 1.165) is 5.56 Å². The second-order valence-corrected chi connectivity index (χ2v) is 5.83. The molecule has 0 saturated heterocycles. The van der Waals surface area contributed by atoms with E-state index in [1.807, 2.05) is 0 Å². The summed E-state index contributed by atoms with van der Waals surface area (Å²) in [5.41, 5.74) is 0.886. The number of aromatic nitrogens is 2. The van der Waals surface area contributed by atoms with Gasteiger partial charge in [0.2, 0.25) is 15.8 Å². The molecule has 0 radical (unpaired) electrons. The molecule has 0 aliphatic heterocycles. The number of nitrogens with zero attached hydrogens (tertiary/aromatic N) is 2. The molecule has 0 atom stereocenters. The highest BCUT2D eigenvalue weighted by molar-refractivity contribution is 7.89. The zero-order valence-corrected chi connectivity index (χ0v) is 11.9. The average molecular weight is 306 g/mol. The Labute approximate surface area is 122 Å². The smallest absolute Gasteiger partial charge is 0.289 e.